The first kappa shape index (κ1) is 17.5. The van der Waals surface area contributed by atoms with Gasteiger partial charge in [-0.15, -0.1) is 5.10 Å². The first-order chi connectivity index (χ1) is 12.5. The minimum Gasteiger partial charge on any atom is -0.481 e. The van der Waals surface area contributed by atoms with E-state index in [2.05, 4.69) is 20.6 Å². The number of benzene rings is 1. The maximum absolute atomic E-state index is 12.4. The van der Waals surface area contributed by atoms with Crippen molar-refractivity contribution in [3.63, 3.8) is 0 Å². The van der Waals surface area contributed by atoms with Crippen LogP contribution in [0.5, 0.6) is 0 Å². The Hall–Kier alpha value is -3.29. The molecule has 1 aromatic carbocycles. The second-order valence-corrected chi connectivity index (χ2v) is 6.12. The fourth-order valence-corrected chi connectivity index (χ4v) is 2.68. The van der Waals surface area contributed by atoms with Gasteiger partial charge in [0.2, 0.25) is 0 Å². The number of carbonyl (C=O) groups excluding carboxylic acids is 1. The van der Waals surface area contributed by atoms with E-state index in [9.17, 15) is 9.59 Å². The number of fused-ring (bicyclic) bond motifs is 1. The molecule has 0 saturated heterocycles. The highest BCUT2D eigenvalue weighted by Gasteiger charge is 2.19. The van der Waals surface area contributed by atoms with Crippen LogP contribution in [0, 0.1) is 6.92 Å². The number of amides is 1. The smallest absolute Gasteiger partial charge is 0.303 e. The predicted molar refractivity (Wildman–Crippen MR) is 95.2 cm³/mol. The van der Waals surface area contributed by atoms with Crippen molar-refractivity contribution in [1.82, 2.24) is 25.3 Å². The maximum Gasteiger partial charge on any atom is 0.303 e. The van der Waals surface area contributed by atoms with Gasteiger partial charge in [-0.05, 0) is 44.5 Å². The average molecular weight is 353 g/mol. The van der Waals surface area contributed by atoms with Crippen LogP contribution >= 0.6 is 0 Å². The molecule has 3 rings (SSSR count). The Kier molecular flexibility index (Phi) is 4.92. The van der Waals surface area contributed by atoms with E-state index in [4.69, 9.17) is 5.11 Å². The molecule has 0 aliphatic carbocycles. The molecule has 0 bridgehead atoms. The van der Waals surface area contributed by atoms with Crippen LogP contribution in [0.25, 0.3) is 16.6 Å². The quantitative estimate of drug-likeness (QED) is 0.702. The molecule has 134 valence electrons. The zero-order valence-electron chi connectivity index (χ0n) is 14.5. The van der Waals surface area contributed by atoms with Crippen molar-refractivity contribution in [3.8, 4) is 5.69 Å². The van der Waals surface area contributed by atoms with Gasteiger partial charge in [0, 0.05) is 24.0 Å². The summed E-state index contributed by atoms with van der Waals surface area (Å²) in [5.41, 5.74) is 2.49. The summed E-state index contributed by atoms with van der Waals surface area (Å²) in [6, 6.07) is 9.23. The molecule has 0 saturated carbocycles. The number of hydrogen-bond donors (Lipinski definition) is 2. The Morgan fingerprint density at radius 1 is 1.31 bits per heavy atom. The molecule has 2 N–H and O–H groups in total. The number of carbonyl (C=O) groups is 2. The summed E-state index contributed by atoms with van der Waals surface area (Å²) >= 11 is 0. The molecular formula is C18H19N5O3. The van der Waals surface area contributed by atoms with E-state index in [-0.39, 0.29) is 24.1 Å². The highest BCUT2D eigenvalue weighted by Crippen LogP contribution is 2.18. The third-order valence-corrected chi connectivity index (χ3v) is 4.11. The first-order valence-electron chi connectivity index (χ1n) is 8.26. The number of carboxylic acids is 1. The van der Waals surface area contributed by atoms with E-state index in [1.54, 1.807) is 24.7 Å². The lowest BCUT2D eigenvalue weighted by atomic mass is 10.1. The number of hydrogen-bond acceptors (Lipinski definition) is 5. The number of rotatable bonds is 6. The first-order valence-corrected chi connectivity index (χ1v) is 8.26. The van der Waals surface area contributed by atoms with E-state index < -0.39 is 5.97 Å². The number of aromatic nitrogens is 4. The molecule has 1 amide bonds. The van der Waals surface area contributed by atoms with Crippen molar-refractivity contribution < 1.29 is 14.7 Å². The van der Waals surface area contributed by atoms with Crippen molar-refractivity contribution in [2.75, 3.05) is 0 Å². The van der Waals surface area contributed by atoms with Gasteiger partial charge in [-0.3, -0.25) is 14.6 Å². The third-order valence-electron chi connectivity index (χ3n) is 4.11. The fourth-order valence-electron chi connectivity index (χ4n) is 2.68. The molecule has 1 atom stereocenters. The number of nitrogens with zero attached hydrogens (tertiary/aromatic N) is 4. The van der Waals surface area contributed by atoms with Gasteiger partial charge in [0.05, 0.1) is 16.9 Å². The lowest BCUT2D eigenvalue weighted by molar-refractivity contribution is -0.137. The van der Waals surface area contributed by atoms with Crippen LogP contribution < -0.4 is 5.32 Å². The minimum absolute atomic E-state index is 0.00174. The summed E-state index contributed by atoms with van der Waals surface area (Å²) in [4.78, 5) is 27.3. The second kappa shape index (κ2) is 7.30. The lowest BCUT2D eigenvalue weighted by Gasteiger charge is -2.11. The van der Waals surface area contributed by atoms with E-state index in [0.717, 1.165) is 16.6 Å². The molecule has 26 heavy (non-hydrogen) atoms. The van der Waals surface area contributed by atoms with Gasteiger partial charge in [0.25, 0.3) is 5.91 Å². The Labute approximate surface area is 149 Å². The molecular weight excluding hydrogens is 334 g/mol. The summed E-state index contributed by atoms with van der Waals surface area (Å²) in [5.74, 6) is -1.26. The molecule has 2 aromatic heterocycles. The van der Waals surface area contributed by atoms with E-state index in [1.807, 2.05) is 30.3 Å². The van der Waals surface area contributed by atoms with Crippen LogP contribution in [0.15, 0.2) is 36.5 Å². The van der Waals surface area contributed by atoms with Crippen molar-refractivity contribution in [2.24, 2.45) is 0 Å². The van der Waals surface area contributed by atoms with Crippen LogP contribution in [0.2, 0.25) is 0 Å². The summed E-state index contributed by atoms with van der Waals surface area (Å²) in [7, 11) is 0. The third kappa shape index (κ3) is 3.69. The van der Waals surface area contributed by atoms with Gasteiger partial charge in [-0.1, -0.05) is 11.3 Å². The minimum atomic E-state index is -0.890. The van der Waals surface area contributed by atoms with Crippen LogP contribution in [0.3, 0.4) is 0 Å². The Morgan fingerprint density at radius 3 is 2.88 bits per heavy atom. The van der Waals surface area contributed by atoms with E-state index in [1.165, 1.54) is 0 Å². The molecule has 2 heterocycles. The Bertz CT molecular complexity index is 966. The highest BCUT2D eigenvalue weighted by molar-refractivity contribution is 5.93. The highest BCUT2D eigenvalue weighted by atomic mass is 16.4. The van der Waals surface area contributed by atoms with Crippen molar-refractivity contribution in [2.45, 2.75) is 32.7 Å². The van der Waals surface area contributed by atoms with Gasteiger partial charge in [0.15, 0.2) is 5.69 Å². The molecule has 1 unspecified atom stereocenters. The molecule has 8 nitrogen and oxygen atoms in total. The van der Waals surface area contributed by atoms with E-state index >= 15 is 0 Å². The van der Waals surface area contributed by atoms with Crippen molar-refractivity contribution >= 4 is 22.8 Å². The van der Waals surface area contributed by atoms with Gasteiger partial charge in [-0.25, -0.2) is 4.68 Å². The molecule has 3 aromatic rings. The maximum atomic E-state index is 12.4. The summed E-state index contributed by atoms with van der Waals surface area (Å²) in [6.45, 7) is 3.53. The van der Waals surface area contributed by atoms with Gasteiger partial charge < -0.3 is 10.4 Å². The van der Waals surface area contributed by atoms with Crippen LogP contribution in [0.1, 0.15) is 35.9 Å². The average Bonchev–Trinajstić information content (AvgIpc) is 3.01. The SMILES string of the molecule is Cc1c(C(=O)NC(C)CCC(=O)O)nnn1-c1ccc2ncccc2c1. The number of aliphatic carboxylic acids is 1. The molecule has 0 aliphatic rings. The second-order valence-electron chi connectivity index (χ2n) is 6.12. The monoisotopic (exact) mass is 353 g/mol. The van der Waals surface area contributed by atoms with Crippen molar-refractivity contribution in [3.05, 3.63) is 47.9 Å². The topological polar surface area (TPSA) is 110 Å². The van der Waals surface area contributed by atoms with Gasteiger partial charge in [0.1, 0.15) is 0 Å². The Morgan fingerprint density at radius 2 is 2.12 bits per heavy atom. The number of nitrogens with one attached hydrogen (secondary N) is 1. The zero-order chi connectivity index (χ0) is 18.7. The van der Waals surface area contributed by atoms with Crippen LogP contribution in [0.4, 0.5) is 0 Å². The summed E-state index contributed by atoms with van der Waals surface area (Å²) in [6.07, 6.45) is 2.08. The van der Waals surface area contributed by atoms with Crippen molar-refractivity contribution in [1.29, 1.82) is 0 Å². The number of carboxylic acid groups (broad SMARTS) is 1. The van der Waals surface area contributed by atoms with Gasteiger partial charge >= 0.3 is 5.97 Å². The van der Waals surface area contributed by atoms with Crippen LogP contribution in [-0.2, 0) is 4.79 Å². The summed E-state index contributed by atoms with van der Waals surface area (Å²) in [5, 5.41) is 20.5. The Balaban J connectivity index is 1.80. The fraction of sp³-hybridized carbons (Fsp3) is 0.278. The molecule has 0 spiro atoms. The molecule has 0 aliphatic heterocycles. The van der Waals surface area contributed by atoms with Gasteiger partial charge in [-0.2, -0.15) is 0 Å². The van der Waals surface area contributed by atoms with Crippen LogP contribution in [-0.4, -0.2) is 43.0 Å². The molecule has 0 radical (unpaired) electrons. The standard InChI is InChI=1S/C18H19N5O3/c1-11(5-8-16(24)25)20-18(26)17-12(2)23(22-21-17)14-6-7-15-13(10-14)4-3-9-19-15/h3-4,6-7,9-11H,5,8H2,1-2H3,(H,20,26)(H,24,25). The zero-order valence-corrected chi connectivity index (χ0v) is 14.5. The normalized spacial score (nSPS) is 12.1. The molecule has 0 fully saturated rings. The molecule has 8 heteroatoms. The summed E-state index contributed by atoms with van der Waals surface area (Å²) < 4.78 is 1.60. The van der Waals surface area contributed by atoms with E-state index in [0.29, 0.717) is 12.1 Å². The number of pyridine rings is 1. The lowest BCUT2D eigenvalue weighted by Crippen LogP contribution is -2.33. The predicted octanol–water partition coefficient (Wildman–Crippen LogP) is 2.11. The largest absolute Gasteiger partial charge is 0.481 e.